The number of carbonyl (C=O) groups excluding carboxylic acids is 1. The third-order valence-electron chi connectivity index (χ3n) is 6.65. The Labute approximate surface area is 233 Å². The third-order valence-corrected chi connectivity index (χ3v) is 8.02. The zero-order chi connectivity index (χ0) is 28.1. The van der Waals surface area contributed by atoms with Crippen LogP contribution >= 0.6 is 23.4 Å². The maximum absolute atomic E-state index is 14.9. The normalized spacial score (nSPS) is 17.3. The molecule has 1 amide bonds. The molecule has 8 nitrogen and oxygen atoms in total. The van der Waals surface area contributed by atoms with Gasteiger partial charge in [-0.05, 0) is 39.0 Å². The summed E-state index contributed by atoms with van der Waals surface area (Å²) in [6, 6.07) is 6.68. The number of thioether (sulfide) groups is 1. The number of ether oxygens (including phenoxy) is 1. The summed E-state index contributed by atoms with van der Waals surface area (Å²) in [7, 11) is 0. The van der Waals surface area contributed by atoms with E-state index >= 15 is 0 Å². The number of hydrogen-bond donors (Lipinski definition) is 0. The van der Waals surface area contributed by atoms with E-state index in [4.69, 9.17) is 16.3 Å². The Morgan fingerprint density at radius 2 is 2.03 bits per heavy atom. The largest absolute Gasteiger partial charge is 0.444 e. The molecule has 12 heteroatoms. The molecule has 1 fully saturated rings. The number of rotatable bonds is 3. The van der Waals surface area contributed by atoms with Crippen molar-refractivity contribution in [2.75, 3.05) is 30.3 Å². The molecule has 204 valence electrons. The Balaban J connectivity index is 1.64. The summed E-state index contributed by atoms with van der Waals surface area (Å²) in [6.07, 6.45) is -0.389. The highest BCUT2D eigenvalue weighted by Crippen LogP contribution is 2.46. The van der Waals surface area contributed by atoms with E-state index in [1.807, 2.05) is 4.90 Å². The first-order valence-electron chi connectivity index (χ1n) is 12.5. The molecule has 5 rings (SSSR count). The predicted molar refractivity (Wildman–Crippen MR) is 146 cm³/mol. The maximum atomic E-state index is 14.9. The molecule has 1 atom stereocenters. The van der Waals surface area contributed by atoms with E-state index in [1.54, 1.807) is 36.3 Å². The van der Waals surface area contributed by atoms with Crippen molar-refractivity contribution in [3.8, 4) is 17.2 Å². The van der Waals surface area contributed by atoms with Crippen LogP contribution in [0.4, 0.5) is 19.4 Å². The van der Waals surface area contributed by atoms with Crippen molar-refractivity contribution in [1.29, 1.82) is 5.26 Å². The Kier molecular flexibility index (Phi) is 7.20. The number of piperazine rings is 1. The van der Waals surface area contributed by atoms with Crippen LogP contribution in [0.1, 0.15) is 27.2 Å². The fourth-order valence-corrected chi connectivity index (χ4v) is 6.58. The smallest absolute Gasteiger partial charge is 0.410 e. The molecule has 3 heterocycles. The first-order chi connectivity index (χ1) is 18.5. The molecular weight excluding hydrogens is 548 g/mol. The quantitative estimate of drug-likeness (QED) is 0.412. The minimum Gasteiger partial charge on any atom is -0.444 e. The van der Waals surface area contributed by atoms with Crippen molar-refractivity contribution in [3.63, 3.8) is 0 Å². The summed E-state index contributed by atoms with van der Waals surface area (Å²) in [5, 5.41) is 10.4. The van der Waals surface area contributed by atoms with Crippen LogP contribution in [0.15, 0.2) is 34.0 Å². The second-order valence-corrected chi connectivity index (χ2v) is 11.9. The van der Waals surface area contributed by atoms with Crippen molar-refractivity contribution < 1.29 is 18.3 Å². The van der Waals surface area contributed by atoms with Gasteiger partial charge >= 0.3 is 11.8 Å². The van der Waals surface area contributed by atoms with Gasteiger partial charge in [0.1, 0.15) is 23.1 Å². The summed E-state index contributed by atoms with van der Waals surface area (Å²) in [6.45, 7) is 6.59. The van der Waals surface area contributed by atoms with E-state index in [9.17, 15) is 23.6 Å². The average molecular weight is 574 g/mol. The molecule has 0 radical (unpaired) electrons. The number of aromatic nitrogens is 2. The lowest BCUT2D eigenvalue weighted by atomic mass is 10.0. The highest BCUT2D eigenvalue weighted by molar-refractivity contribution is 7.99. The predicted octanol–water partition coefficient (Wildman–Crippen LogP) is 5.44. The van der Waals surface area contributed by atoms with E-state index in [0.717, 1.165) is 6.07 Å². The number of benzene rings is 2. The minimum absolute atomic E-state index is 0.0831. The molecule has 0 bridgehead atoms. The summed E-state index contributed by atoms with van der Waals surface area (Å²) >= 11 is 8.20. The van der Waals surface area contributed by atoms with Crippen molar-refractivity contribution in [2.24, 2.45) is 0 Å². The van der Waals surface area contributed by atoms with E-state index in [-0.39, 0.29) is 23.6 Å². The van der Waals surface area contributed by atoms with Crippen molar-refractivity contribution in [2.45, 2.75) is 50.3 Å². The summed E-state index contributed by atoms with van der Waals surface area (Å²) in [5.74, 6) is -0.557. The lowest BCUT2D eigenvalue weighted by molar-refractivity contribution is 0.0215. The number of nitrogens with zero attached hydrogens (tertiary/aromatic N) is 5. The van der Waals surface area contributed by atoms with Crippen LogP contribution in [-0.2, 0) is 11.3 Å². The van der Waals surface area contributed by atoms with Crippen molar-refractivity contribution >= 4 is 46.2 Å². The number of amides is 1. The van der Waals surface area contributed by atoms with E-state index in [1.165, 1.54) is 23.9 Å². The van der Waals surface area contributed by atoms with Crippen LogP contribution < -0.4 is 10.6 Å². The van der Waals surface area contributed by atoms with Gasteiger partial charge in [0.05, 0.1) is 29.1 Å². The molecule has 39 heavy (non-hydrogen) atoms. The Hall–Kier alpha value is -3.36. The van der Waals surface area contributed by atoms with Crippen LogP contribution in [0.5, 0.6) is 0 Å². The van der Waals surface area contributed by atoms with Crippen LogP contribution in [0, 0.1) is 23.0 Å². The monoisotopic (exact) mass is 573 g/mol. The van der Waals surface area contributed by atoms with Gasteiger partial charge in [0.15, 0.2) is 0 Å². The zero-order valence-corrected chi connectivity index (χ0v) is 23.2. The van der Waals surface area contributed by atoms with Gasteiger partial charge in [0.25, 0.3) is 0 Å². The third kappa shape index (κ3) is 5.15. The first-order valence-corrected chi connectivity index (χ1v) is 13.8. The van der Waals surface area contributed by atoms with E-state index in [0.29, 0.717) is 52.6 Å². The molecule has 0 unspecified atom stereocenters. The van der Waals surface area contributed by atoms with Gasteiger partial charge < -0.3 is 14.5 Å². The van der Waals surface area contributed by atoms with Crippen molar-refractivity contribution in [1.82, 2.24) is 14.5 Å². The Bertz CT molecular complexity index is 1580. The second-order valence-electron chi connectivity index (χ2n) is 10.4. The number of hydrogen-bond acceptors (Lipinski definition) is 7. The number of anilines is 1. The number of carbonyl (C=O) groups is 1. The average Bonchev–Trinajstić information content (AvgIpc) is 2.86. The van der Waals surface area contributed by atoms with Crippen molar-refractivity contribution in [3.05, 3.63) is 51.4 Å². The van der Waals surface area contributed by atoms with Gasteiger partial charge in [0.2, 0.25) is 0 Å². The summed E-state index contributed by atoms with van der Waals surface area (Å²) < 4.78 is 35.6. The van der Waals surface area contributed by atoms with Crippen LogP contribution in [0.3, 0.4) is 0 Å². The fourth-order valence-electron chi connectivity index (χ4n) is 5.02. The molecule has 0 spiro atoms. The molecular formula is C27H26ClF2N5O3S. The second kappa shape index (κ2) is 10.3. The molecule has 0 saturated carbocycles. The molecule has 2 aromatic carbocycles. The molecule has 3 aromatic rings. The lowest BCUT2D eigenvalue weighted by Gasteiger charge is -2.42. The van der Waals surface area contributed by atoms with E-state index < -0.39 is 35.1 Å². The lowest BCUT2D eigenvalue weighted by Crippen LogP contribution is -2.56. The molecule has 1 saturated heterocycles. The number of nitriles is 1. The van der Waals surface area contributed by atoms with Gasteiger partial charge in [-0.1, -0.05) is 11.6 Å². The summed E-state index contributed by atoms with van der Waals surface area (Å²) in [4.78, 5) is 34.4. The SMILES string of the molecule is CC(C)(C)OC(=O)N1CCN(c2nc(=O)n3c4c(c(-c5ccc(F)cc5F)c(Cl)cc24)SCC3)[C@@H](CC#N)C1. The van der Waals surface area contributed by atoms with Crippen LogP contribution in [0.25, 0.3) is 22.0 Å². The topological polar surface area (TPSA) is 91.5 Å². The zero-order valence-electron chi connectivity index (χ0n) is 21.6. The minimum atomic E-state index is -0.755. The van der Waals surface area contributed by atoms with Gasteiger partial charge in [-0.25, -0.2) is 18.4 Å². The molecule has 1 aromatic heterocycles. The van der Waals surface area contributed by atoms with Gasteiger partial charge in [-0.2, -0.15) is 10.2 Å². The van der Waals surface area contributed by atoms with Gasteiger partial charge in [0, 0.05) is 59.4 Å². The summed E-state index contributed by atoms with van der Waals surface area (Å²) in [5.41, 5.74) is -0.0492. The molecule has 2 aliphatic rings. The maximum Gasteiger partial charge on any atom is 0.410 e. The van der Waals surface area contributed by atoms with E-state index in [2.05, 4.69) is 11.1 Å². The highest BCUT2D eigenvalue weighted by Gasteiger charge is 2.35. The highest BCUT2D eigenvalue weighted by atomic mass is 35.5. The fraction of sp³-hybridized carbons (Fsp3) is 0.407. The Morgan fingerprint density at radius 1 is 1.26 bits per heavy atom. The number of halogens is 3. The van der Waals surface area contributed by atoms with Gasteiger partial charge in [-0.3, -0.25) is 4.57 Å². The molecule has 2 aliphatic heterocycles. The standard InChI is InChI=1S/C27H26ClF2N5O3S/c1-27(2,3)38-26(37)33-8-9-34(16(14-33)6-7-31)24-18-13-19(28)21(17-5-4-15(29)12-20(17)30)23-22(18)35(10-11-39-23)25(36)32-24/h4-5,12-13,16H,6,8-11,14H2,1-3H3/t16-/m0/s1. The number of aryl methyl sites for hydroxylation is 1. The van der Waals surface area contributed by atoms with Gasteiger partial charge in [-0.15, -0.1) is 11.8 Å². The Morgan fingerprint density at radius 3 is 2.72 bits per heavy atom. The van der Waals surface area contributed by atoms with Crippen LogP contribution in [0.2, 0.25) is 5.02 Å². The molecule has 0 aliphatic carbocycles. The van der Waals surface area contributed by atoms with Crippen LogP contribution in [-0.4, -0.2) is 57.6 Å². The molecule has 0 N–H and O–H groups in total. The first kappa shape index (κ1) is 27.2.